The molecular formula is C15H18O4. The van der Waals surface area contributed by atoms with Crippen LogP contribution in [0.1, 0.15) is 30.5 Å². The number of aliphatic carboxylic acids is 1. The van der Waals surface area contributed by atoms with Crippen molar-refractivity contribution < 1.29 is 19.4 Å². The van der Waals surface area contributed by atoms with Crippen LogP contribution >= 0.6 is 0 Å². The van der Waals surface area contributed by atoms with E-state index in [0.29, 0.717) is 19.0 Å². The second kappa shape index (κ2) is 4.96. The highest BCUT2D eigenvalue weighted by Gasteiger charge is 2.30. The molecule has 19 heavy (non-hydrogen) atoms. The molecule has 4 heteroatoms. The van der Waals surface area contributed by atoms with E-state index in [2.05, 4.69) is 0 Å². The molecule has 0 saturated heterocycles. The van der Waals surface area contributed by atoms with Gasteiger partial charge in [0.25, 0.3) is 0 Å². The van der Waals surface area contributed by atoms with E-state index in [4.69, 9.17) is 9.47 Å². The Morgan fingerprint density at radius 3 is 2.63 bits per heavy atom. The first-order valence-corrected chi connectivity index (χ1v) is 6.22. The molecule has 1 N–H and O–H groups in total. The molecule has 102 valence electrons. The molecule has 0 amide bonds. The fraction of sp³-hybridized carbons (Fsp3) is 0.400. The van der Waals surface area contributed by atoms with Gasteiger partial charge in [-0.3, -0.25) is 4.79 Å². The first kappa shape index (κ1) is 13.5. The Bertz CT molecular complexity index is 529. The largest absolute Gasteiger partial charge is 0.494 e. The van der Waals surface area contributed by atoms with Crippen molar-refractivity contribution in [2.45, 2.75) is 26.2 Å². The topological polar surface area (TPSA) is 55.8 Å². The molecule has 0 aliphatic carbocycles. The van der Waals surface area contributed by atoms with Crippen LogP contribution in [0.5, 0.6) is 0 Å². The predicted molar refractivity (Wildman–Crippen MR) is 71.7 cm³/mol. The van der Waals surface area contributed by atoms with Crippen molar-refractivity contribution in [3.8, 4) is 0 Å². The first-order valence-electron chi connectivity index (χ1n) is 6.22. The SMILES string of the molecule is Cc1ccc(C(C)(C)C(=O)O)cc1C1=COCCO1. The summed E-state index contributed by atoms with van der Waals surface area (Å²) in [5.74, 6) is -0.191. The van der Waals surface area contributed by atoms with Gasteiger partial charge in [-0.15, -0.1) is 0 Å². The lowest BCUT2D eigenvalue weighted by Gasteiger charge is -2.23. The second-order valence-electron chi connectivity index (χ2n) is 5.16. The van der Waals surface area contributed by atoms with Crippen molar-refractivity contribution in [2.75, 3.05) is 13.2 Å². The van der Waals surface area contributed by atoms with Crippen LogP contribution < -0.4 is 0 Å². The number of aryl methyl sites for hydroxylation is 1. The average Bonchev–Trinajstić information content (AvgIpc) is 2.39. The summed E-state index contributed by atoms with van der Waals surface area (Å²) in [7, 11) is 0. The van der Waals surface area contributed by atoms with Gasteiger partial charge in [0.15, 0.2) is 5.76 Å². The fourth-order valence-corrected chi connectivity index (χ4v) is 1.91. The van der Waals surface area contributed by atoms with Gasteiger partial charge < -0.3 is 14.6 Å². The Labute approximate surface area is 112 Å². The Morgan fingerprint density at radius 1 is 1.32 bits per heavy atom. The van der Waals surface area contributed by atoms with E-state index in [-0.39, 0.29) is 0 Å². The van der Waals surface area contributed by atoms with E-state index in [1.54, 1.807) is 20.1 Å². The summed E-state index contributed by atoms with van der Waals surface area (Å²) in [6, 6.07) is 5.62. The lowest BCUT2D eigenvalue weighted by atomic mass is 9.83. The Hall–Kier alpha value is -1.97. The highest BCUT2D eigenvalue weighted by molar-refractivity contribution is 5.81. The quantitative estimate of drug-likeness (QED) is 0.910. The maximum atomic E-state index is 11.3. The molecule has 1 aliphatic heterocycles. The van der Waals surface area contributed by atoms with Crippen molar-refractivity contribution in [3.05, 3.63) is 41.2 Å². The van der Waals surface area contributed by atoms with Gasteiger partial charge in [-0.2, -0.15) is 0 Å². The molecular weight excluding hydrogens is 244 g/mol. The molecule has 1 aromatic carbocycles. The number of ether oxygens (including phenoxy) is 2. The molecule has 1 aliphatic rings. The van der Waals surface area contributed by atoms with Crippen LogP contribution in [0.4, 0.5) is 0 Å². The van der Waals surface area contributed by atoms with Crippen LogP contribution in [0.15, 0.2) is 24.5 Å². The van der Waals surface area contributed by atoms with Crippen LogP contribution in [0, 0.1) is 6.92 Å². The number of hydrogen-bond acceptors (Lipinski definition) is 3. The molecule has 0 radical (unpaired) electrons. The summed E-state index contributed by atoms with van der Waals surface area (Å²) >= 11 is 0. The molecule has 4 nitrogen and oxygen atoms in total. The molecule has 1 heterocycles. The summed E-state index contributed by atoms with van der Waals surface area (Å²) in [4.78, 5) is 11.3. The average molecular weight is 262 g/mol. The number of carbonyl (C=O) groups is 1. The lowest BCUT2D eigenvalue weighted by Crippen LogP contribution is -2.28. The number of hydrogen-bond donors (Lipinski definition) is 1. The van der Waals surface area contributed by atoms with E-state index >= 15 is 0 Å². The third-order valence-electron chi connectivity index (χ3n) is 3.41. The van der Waals surface area contributed by atoms with Crippen molar-refractivity contribution in [1.82, 2.24) is 0 Å². The van der Waals surface area contributed by atoms with Crippen LogP contribution in [-0.2, 0) is 19.7 Å². The highest BCUT2D eigenvalue weighted by atomic mass is 16.6. The zero-order valence-corrected chi connectivity index (χ0v) is 11.4. The fourth-order valence-electron chi connectivity index (χ4n) is 1.91. The minimum atomic E-state index is -0.932. The summed E-state index contributed by atoms with van der Waals surface area (Å²) in [5, 5.41) is 9.29. The third kappa shape index (κ3) is 2.57. The number of benzene rings is 1. The van der Waals surface area contributed by atoms with Gasteiger partial charge >= 0.3 is 5.97 Å². The van der Waals surface area contributed by atoms with Crippen LogP contribution in [0.25, 0.3) is 5.76 Å². The van der Waals surface area contributed by atoms with E-state index < -0.39 is 11.4 Å². The predicted octanol–water partition coefficient (Wildman–Crippen LogP) is 2.70. The van der Waals surface area contributed by atoms with E-state index in [9.17, 15) is 9.90 Å². The van der Waals surface area contributed by atoms with Gasteiger partial charge in [-0.05, 0) is 38.0 Å². The molecule has 0 saturated carbocycles. The lowest BCUT2D eigenvalue weighted by molar-refractivity contribution is -0.142. The van der Waals surface area contributed by atoms with Gasteiger partial charge in [0, 0.05) is 5.56 Å². The summed E-state index contributed by atoms with van der Waals surface area (Å²) in [6.45, 7) is 6.40. The van der Waals surface area contributed by atoms with Crippen molar-refractivity contribution in [3.63, 3.8) is 0 Å². The maximum Gasteiger partial charge on any atom is 0.313 e. The molecule has 1 aromatic rings. The zero-order chi connectivity index (χ0) is 14.0. The minimum Gasteiger partial charge on any atom is -0.494 e. The summed E-state index contributed by atoms with van der Waals surface area (Å²) in [6.07, 6.45) is 1.59. The number of carboxylic acid groups (broad SMARTS) is 1. The van der Waals surface area contributed by atoms with Crippen molar-refractivity contribution >= 4 is 11.7 Å². The van der Waals surface area contributed by atoms with E-state index in [1.165, 1.54) is 0 Å². The summed E-state index contributed by atoms with van der Waals surface area (Å²) < 4.78 is 10.8. The number of carboxylic acids is 1. The Morgan fingerprint density at radius 2 is 2.05 bits per heavy atom. The third-order valence-corrected chi connectivity index (χ3v) is 3.41. The molecule has 0 fully saturated rings. The molecule has 0 atom stereocenters. The van der Waals surface area contributed by atoms with Crippen LogP contribution in [0.2, 0.25) is 0 Å². The van der Waals surface area contributed by atoms with Gasteiger partial charge in [-0.1, -0.05) is 12.1 Å². The smallest absolute Gasteiger partial charge is 0.313 e. The standard InChI is InChI=1S/C15H18O4/c1-10-4-5-11(15(2,3)14(16)17)8-12(10)13-9-18-6-7-19-13/h4-5,8-9H,6-7H2,1-3H3,(H,16,17). The molecule has 0 spiro atoms. The molecule has 0 unspecified atom stereocenters. The zero-order valence-electron chi connectivity index (χ0n) is 11.4. The van der Waals surface area contributed by atoms with E-state index in [1.807, 2.05) is 25.1 Å². The highest BCUT2D eigenvalue weighted by Crippen LogP contribution is 2.29. The monoisotopic (exact) mass is 262 g/mol. The molecule has 0 bridgehead atoms. The first-order chi connectivity index (χ1) is 8.93. The molecule has 2 rings (SSSR count). The van der Waals surface area contributed by atoms with Gasteiger partial charge in [-0.25, -0.2) is 0 Å². The maximum absolute atomic E-state index is 11.3. The number of rotatable bonds is 3. The Balaban J connectivity index is 2.45. The van der Waals surface area contributed by atoms with Gasteiger partial charge in [0.1, 0.15) is 19.5 Å². The minimum absolute atomic E-state index is 0.512. The van der Waals surface area contributed by atoms with Crippen molar-refractivity contribution in [1.29, 1.82) is 0 Å². The van der Waals surface area contributed by atoms with Gasteiger partial charge in [0.05, 0.1) is 5.41 Å². The van der Waals surface area contributed by atoms with E-state index in [0.717, 1.165) is 16.7 Å². The van der Waals surface area contributed by atoms with Crippen LogP contribution in [0.3, 0.4) is 0 Å². The normalized spacial score (nSPS) is 15.2. The van der Waals surface area contributed by atoms with Gasteiger partial charge in [0.2, 0.25) is 0 Å². The second-order valence-corrected chi connectivity index (χ2v) is 5.16. The van der Waals surface area contributed by atoms with Crippen molar-refractivity contribution in [2.24, 2.45) is 0 Å². The summed E-state index contributed by atoms with van der Waals surface area (Å²) in [5.41, 5.74) is 1.72. The van der Waals surface area contributed by atoms with Crippen LogP contribution in [-0.4, -0.2) is 24.3 Å². The Kier molecular flexibility index (Phi) is 3.51. The molecule has 0 aromatic heterocycles.